The van der Waals surface area contributed by atoms with Crippen LogP contribution >= 0.6 is 23.1 Å². The van der Waals surface area contributed by atoms with Crippen LogP contribution in [0.3, 0.4) is 0 Å². The molecule has 3 rings (SSSR count). The first kappa shape index (κ1) is 18.7. The number of anilines is 2. The average molecular weight is 387 g/mol. The summed E-state index contributed by atoms with van der Waals surface area (Å²) in [5.74, 6) is 0.275. The van der Waals surface area contributed by atoms with E-state index in [1.807, 2.05) is 35.7 Å². The van der Waals surface area contributed by atoms with Crippen molar-refractivity contribution in [3.05, 3.63) is 42.0 Å². The van der Waals surface area contributed by atoms with E-state index in [0.717, 1.165) is 33.2 Å². The van der Waals surface area contributed by atoms with Gasteiger partial charge in [-0.3, -0.25) is 4.79 Å². The molecule has 0 fully saturated rings. The number of hydrogen-bond donors (Lipinski definition) is 1. The summed E-state index contributed by atoms with van der Waals surface area (Å²) in [7, 11) is 0. The fourth-order valence-electron chi connectivity index (χ4n) is 2.80. The van der Waals surface area contributed by atoms with Gasteiger partial charge in [-0.15, -0.1) is 11.3 Å². The van der Waals surface area contributed by atoms with Crippen LogP contribution in [0.25, 0.3) is 10.2 Å². The lowest BCUT2D eigenvalue weighted by molar-refractivity contribution is -0.113. The molecule has 0 spiro atoms. The molecule has 2 heterocycles. The van der Waals surface area contributed by atoms with Crippen LogP contribution in [-0.2, 0) is 4.79 Å². The number of amides is 1. The standard InChI is InChI=1S/C19H22N4OS2/c1-4-23(13(2)3)15-7-5-14(6-8-15)22-17(24)11-26-19-16-9-10-25-18(16)20-12-21-19/h5-10,12-13H,4,11H2,1-3H3,(H,22,24). The van der Waals surface area contributed by atoms with Gasteiger partial charge in [-0.05, 0) is 56.5 Å². The summed E-state index contributed by atoms with van der Waals surface area (Å²) in [4.78, 5) is 24.0. The SMILES string of the molecule is CCN(c1ccc(NC(=O)CSc2ncnc3sccc23)cc1)C(C)C. The average Bonchev–Trinajstić information content (AvgIpc) is 3.11. The Labute approximate surface area is 161 Å². The number of nitrogens with one attached hydrogen (secondary N) is 1. The molecule has 2 aromatic heterocycles. The Morgan fingerprint density at radius 2 is 2.00 bits per heavy atom. The molecule has 0 aliphatic carbocycles. The van der Waals surface area contributed by atoms with Crippen molar-refractivity contribution in [1.82, 2.24) is 9.97 Å². The van der Waals surface area contributed by atoms with Crippen LogP contribution in [0.4, 0.5) is 11.4 Å². The van der Waals surface area contributed by atoms with Gasteiger partial charge in [0.15, 0.2) is 0 Å². The third kappa shape index (κ3) is 4.34. The zero-order chi connectivity index (χ0) is 18.5. The Hall–Kier alpha value is -2.12. The van der Waals surface area contributed by atoms with E-state index in [1.54, 1.807) is 17.7 Å². The van der Waals surface area contributed by atoms with E-state index in [9.17, 15) is 4.79 Å². The van der Waals surface area contributed by atoms with Crippen LogP contribution < -0.4 is 10.2 Å². The highest BCUT2D eigenvalue weighted by Crippen LogP contribution is 2.27. The van der Waals surface area contributed by atoms with Gasteiger partial charge in [-0.1, -0.05) is 11.8 Å². The smallest absolute Gasteiger partial charge is 0.234 e. The highest BCUT2D eigenvalue weighted by molar-refractivity contribution is 8.00. The lowest BCUT2D eigenvalue weighted by atomic mass is 10.2. The lowest BCUT2D eigenvalue weighted by Crippen LogP contribution is -2.30. The summed E-state index contributed by atoms with van der Waals surface area (Å²) in [5.41, 5.74) is 1.97. The summed E-state index contributed by atoms with van der Waals surface area (Å²) < 4.78 is 0. The zero-order valence-corrected chi connectivity index (χ0v) is 16.7. The number of thiophene rings is 1. The summed E-state index contributed by atoms with van der Waals surface area (Å²) in [6, 6.07) is 10.4. The molecular weight excluding hydrogens is 364 g/mol. The molecule has 3 aromatic rings. The predicted octanol–water partition coefficient (Wildman–Crippen LogP) is 4.66. The van der Waals surface area contributed by atoms with Crippen LogP contribution in [0, 0.1) is 0 Å². The molecule has 136 valence electrons. The molecule has 1 amide bonds. The molecule has 0 saturated carbocycles. The molecule has 1 N–H and O–H groups in total. The van der Waals surface area contributed by atoms with Gasteiger partial charge in [-0.2, -0.15) is 0 Å². The first-order valence-electron chi connectivity index (χ1n) is 8.56. The second kappa shape index (κ2) is 8.51. The Morgan fingerprint density at radius 3 is 2.69 bits per heavy atom. The Balaban J connectivity index is 1.59. The Kier molecular flexibility index (Phi) is 6.11. The van der Waals surface area contributed by atoms with Crippen LogP contribution in [0.5, 0.6) is 0 Å². The second-order valence-electron chi connectivity index (χ2n) is 6.08. The minimum atomic E-state index is -0.0408. The van der Waals surface area contributed by atoms with Crippen LogP contribution in [-0.4, -0.2) is 34.2 Å². The fourth-order valence-corrected chi connectivity index (χ4v) is 4.37. The molecule has 0 aliphatic heterocycles. The van der Waals surface area contributed by atoms with Crippen molar-refractivity contribution in [3.63, 3.8) is 0 Å². The molecule has 0 saturated heterocycles. The number of fused-ring (bicyclic) bond motifs is 1. The minimum absolute atomic E-state index is 0.0408. The van der Waals surface area contributed by atoms with Crippen molar-refractivity contribution in [3.8, 4) is 0 Å². The number of hydrogen-bond acceptors (Lipinski definition) is 6. The van der Waals surface area contributed by atoms with Crippen molar-refractivity contribution in [2.24, 2.45) is 0 Å². The monoisotopic (exact) mass is 386 g/mol. The maximum atomic E-state index is 12.3. The largest absolute Gasteiger partial charge is 0.369 e. The third-order valence-corrected chi connectivity index (χ3v) is 5.84. The maximum absolute atomic E-state index is 12.3. The summed E-state index contributed by atoms with van der Waals surface area (Å²) in [5, 5.41) is 6.79. The maximum Gasteiger partial charge on any atom is 0.234 e. The highest BCUT2D eigenvalue weighted by atomic mass is 32.2. The van der Waals surface area contributed by atoms with Crippen LogP contribution in [0.2, 0.25) is 0 Å². The van der Waals surface area contributed by atoms with Gasteiger partial charge in [0.25, 0.3) is 0 Å². The molecule has 0 radical (unpaired) electrons. The van der Waals surface area contributed by atoms with E-state index < -0.39 is 0 Å². The van der Waals surface area contributed by atoms with E-state index in [2.05, 4.69) is 41.0 Å². The lowest BCUT2D eigenvalue weighted by Gasteiger charge is -2.27. The number of nitrogens with zero attached hydrogens (tertiary/aromatic N) is 3. The summed E-state index contributed by atoms with van der Waals surface area (Å²) in [6.45, 7) is 7.45. The minimum Gasteiger partial charge on any atom is -0.369 e. The van der Waals surface area contributed by atoms with Crippen molar-refractivity contribution >= 4 is 50.6 Å². The fraction of sp³-hybridized carbons (Fsp3) is 0.316. The molecule has 0 unspecified atom stereocenters. The predicted molar refractivity (Wildman–Crippen MR) is 111 cm³/mol. The van der Waals surface area contributed by atoms with E-state index in [4.69, 9.17) is 0 Å². The first-order chi connectivity index (χ1) is 12.6. The number of thioether (sulfide) groups is 1. The molecule has 1 aromatic carbocycles. The third-order valence-electron chi connectivity index (χ3n) is 4.01. The molecule has 0 aliphatic rings. The van der Waals surface area contributed by atoms with Crippen LogP contribution in [0.1, 0.15) is 20.8 Å². The molecule has 0 bridgehead atoms. The number of carbonyl (C=O) groups is 1. The second-order valence-corrected chi connectivity index (χ2v) is 7.94. The van der Waals surface area contributed by atoms with Crippen molar-refractivity contribution in [2.75, 3.05) is 22.5 Å². The number of carbonyl (C=O) groups excluding carboxylic acids is 1. The summed E-state index contributed by atoms with van der Waals surface area (Å²) >= 11 is 3.01. The molecule has 7 heteroatoms. The first-order valence-corrected chi connectivity index (χ1v) is 10.4. The Bertz CT molecular complexity index is 877. The van der Waals surface area contributed by atoms with E-state index in [1.165, 1.54) is 11.8 Å². The van der Waals surface area contributed by atoms with Crippen LogP contribution in [0.15, 0.2) is 47.1 Å². The van der Waals surface area contributed by atoms with Gasteiger partial charge >= 0.3 is 0 Å². The number of aromatic nitrogens is 2. The van der Waals surface area contributed by atoms with Gasteiger partial charge in [0, 0.05) is 29.3 Å². The molecule has 26 heavy (non-hydrogen) atoms. The molecule has 0 atom stereocenters. The Morgan fingerprint density at radius 1 is 1.23 bits per heavy atom. The summed E-state index contributed by atoms with van der Waals surface area (Å²) in [6.07, 6.45) is 1.55. The van der Waals surface area contributed by atoms with E-state index in [-0.39, 0.29) is 5.91 Å². The van der Waals surface area contributed by atoms with Crippen molar-refractivity contribution < 1.29 is 4.79 Å². The van der Waals surface area contributed by atoms with Crippen molar-refractivity contribution in [2.45, 2.75) is 31.8 Å². The van der Waals surface area contributed by atoms with Gasteiger partial charge in [-0.25, -0.2) is 9.97 Å². The molecular formula is C19H22N4OS2. The van der Waals surface area contributed by atoms with Crippen molar-refractivity contribution in [1.29, 1.82) is 0 Å². The molecule has 5 nitrogen and oxygen atoms in total. The van der Waals surface area contributed by atoms with E-state index in [0.29, 0.717) is 11.8 Å². The van der Waals surface area contributed by atoms with Gasteiger partial charge < -0.3 is 10.2 Å². The van der Waals surface area contributed by atoms with E-state index >= 15 is 0 Å². The topological polar surface area (TPSA) is 58.1 Å². The van der Waals surface area contributed by atoms with Gasteiger partial charge in [0.1, 0.15) is 16.2 Å². The normalized spacial score (nSPS) is 11.1. The number of rotatable bonds is 7. The zero-order valence-electron chi connectivity index (χ0n) is 15.1. The van der Waals surface area contributed by atoms with Gasteiger partial charge in [0.2, 0.25) is 5.91 Å². The number of benzene rings is 1. The quantitative estimate of drug-likeness (QED) is 0.473. The highest BCUT2D eigenvalue weighted by Gasteiger charge is 2.10. The van der Waals surface area contributed by atoms with Gasteiger partial charge in [0.05, 0.1) is 5.75 Å².